The third-order valence-electron chi connectivity index (χ3n) is 2.59. The summed E-state index contributed by atoms with van der Waals surface area (Å²) in [5, 5.41) is 0. The Morgan fingerprint density at radius 2 is 1.40 bits per heavy atom. The van der Waals surface area contributed by atoms with Crippen molar-refractivity contribution in [2.24, 2.45) is 0 Å². The van der Waals surface area contributed by atoms with E-state index >= 15 is 0 Å². The zero-order valence-electron chi connectivity index (χ0n) is 10.2. The van der Waals surface area contributed by atoms with Gasteiger partial charge in [-0.2, -0.15) is 0 Å². The van der Waals surface area contributed by atoms with Crippen molar-refractivity contribution in [3.05, 3.63) is 12.7 Å². The Morgan fingerprint density at radius 3 is 1.87 bits per heavy atom. The lowest BCUT2D eigenvalue weighted by Gasteiger charge is -2.01. The average molecular weight is 230 g/mol. The Hall–Kier alpha value is -0.110. The molecule has 1 nitrogen and oxygen atoms in total. The van der Waals surface area contributed by atoms with Crippen LogP contribution >= 0.6 is 0 Å². The summed E-state index contributed by atoms with van der Waals surface area (Å²) >= 11 is 0. The van der Waals surface area contributed by atoms with Crippen LogP contribution in [0.4, 0.5) is 0 Å². The van der Waals surface area contributed by atoms with Gasteiger partial charge in [-0.3, -0.25) is 4.21 Å². The van der Waals surface area contributed by atoms with E-state index in [0.717, 1.165) is 12.2 Å². The van der Waals surface area contributed by atoms with E-state index in [1.54, 1.807) is 6.26 Å². The maximum Gasteiger partial charge on any atom is 0.0232 e. The molecule has 0 aromatic rings. The molecular weight excluding hydrogens is 204 g/mol. The SMILES string of the molecule is C=CCCCCCCCCCCS(C)=O. The fourth-order valence-electron chi connectivity index (χ4n) is 1.65. The Balaban J connectivity index is 2.92. The zero-order valence-corrected chi connectivity index (χ0v) is 11.0. The first-order valence-electron chi connectivity index (χ1n) is 6.18. The van der Waals surface area contributed by atoms with E-state index < -0.39 is 10.8 Å². The molecule has 1 unspecified atom stereocenters. The molecule has 0 aliphatic heterocycles. The summed E-state index contributed by atoms with van der Waals surface area (Å²) in [4.78, 5) is 0. The third-order valence-corrected chi connectivity index (χ3v) is 3.45. The minimum Gasteiger partial charge on any atom is -0.260 e. The highest BCUT2D eigenvalue weighted by Crippen LogP contribution is 2.09. The normalized spacial score (nSPS) is 12.6. The molecule has 0 radical (unpaired) electrons. The first-order chi connectivity index (χ1) is 7.27. The maximum atomic E-state index is 10.8. The van der Waals surface area contributed by atoms with E-state index in [0.29, 0.717) is 0 Å². The standard InChI is InChI=1S/C13H26OS/c1-3-4-5-6-7-8-9-10-11-12-13-15(2)14/h3H,1,4-13H2,2H3. The molecule has 0 heterocycles. The fraction of sp³-hybridized carbons (Fsp3) is 0.846. The van der Waals surface area contributed by atoms with Gasteiger partial charge in [-0.05, 0) is 19.3 Å². The van der Waals surface area contributed by atoms with Crippen molar-refractivity contribution in [3.8, 4) is 0 Å². The second-order valence-electron chi connectivity index (χ2n) is 4.18. The monoisotopic (exact) mass is 230 g/mol. The van der Waals surface area contributed by atoms with Gasteiger partial charge in [-0.1, -0.05) is 44.6 Å². The lowest BCUT2D eigenvalue weighted by molar-refractivity contribution is 0.577. The number of hydrogen-bond donors (Lipinski definition) is 0. The van der Waals surface area contributed by atoms with Gasteiger partial charge in [0.1, 0.15) is 0 Å². The molecule has 2 heteroatoms. The molecule has 0 fully saturated rings. The summed E-state index contributed by atoms with van der Waals surface area (Å²) in [5.41, 5.74) is 0. The van der Waals surface area contributed by atoms with Crippen LogP contribution in [0.25, 0.3) is 0 Å². The van der Waals surface area contributed by atoms with Crippen LogP contribution in [0, 0.1) is 0 Å². The van der Waals surface area contributed by atoms with Crippen LogP contribution in [0.15, 0.2) is 12.7 Å². The van der Waals surface area contributed by atoms with E-state index in [1.165, 1.54) is 51.4 Å². The predicted octanol–water partition coefficient (Wildman–Crippen LogP) is 4.06. The second-order valence-corrected chi connectivity index (χ2v) is 5.74. The van der Waals surface area contributed by atoms with Gasteiger partial charge in [0.15, 0.2) is 0 Å². The summed E-state index contributed by atoms with van der Waals surface area (Å²) in [5.74, 6) is 0.888. The van der Waals surface area contributed by atoms with E-state index in [9.17, 15) is 4.21 Å². The summed E-state index contributed by atoms with van der Waals surface area (Å²) in [6, 6.07) is 0. The van der Waals surface area contributed by atoms with Crippen LogP contribution in [0.3, 0.4) is 0 Å². The maximum absolute atomic E-state index is 10.8. The van der Waals surface area contributed by atoms with Gasteiger partial charge in [0, 0.05) is 22.8 Å². The number of allylic oxidation sites excluding steroid dienone is 1. The first kappa shape index (κ1) is 14.9. The van der Waals surface area contributed by atoms with Crippen LogP contribution in [0.5, 0.6) is 0 Å². The molecule has 0 aliphatic rings. The van der Waals surface area contributed by atoms with Gasteiger partial charge >= 0.3 is 0 Å². The van der Waals surface area contributed by atoms with Crippen LogP contribution in [0.1, 0.15) is 57.8 Å². The summed E-state index contributed by atoms with van der Waals surface area (Å²) in [6.07, 6.45) is 15.4. The third kappa shape index (κ3) is 13.9. The predicted molar refractivity (Wildman–Crippen MR) is 70.7 cm³/mol. The fourth-order valence-corrected chi connectivity index (χ4v) is 2.27. The van der Waals surface area contributed by atoms with E-state index in [-0.39, 0.29) is 0 Å². The Labute approximate surface area is 97.8 Å². The molecule has 0 aliphatic carbocycles. The molecule has 0 aromatic heterocycles. The van der Waals surface area contributed by atoms with Gasteiger partial charge in [-0.25, -0.2) is 0 Å². The van der Waals surface area contributed by atoms with Crippen molar-refractivity contribution >= 4 is 10.8 Å². The van der Waals surface area contributed by atoms with Crippen molar-refractivity contribution in [2.45, 2.75) is 57.8 Å². The first-order valence-corrected chi connectivity index (χ1v) is 7.91. The Morgan fingerprint density at radius 1 is 0.933 bits per heavy atom. The van der Waals surface area contributed by atoms with Crippen molar-refractivity contribution in [3.63, 3.8) is 0 Å². The molecule has 15 heavy (non-hydrogen) atoms. The molecule has 0 aromatic carbocycles. The molecule has 90 valence electrons. The van der Waals surface area contributed by atoms with E-state index in [2.05, 4.69) is 6.58 Å². The van der Waals surface area contributed by atoms with Gasteiger partial charge in [-0.15, -0.1) is 6.58 Å². The molecule has 0 spiro atoms. The van der Waals surface area contributed by atoms with Gasteiger partial charge in [0.25, 0.3) is 0 Å². The van der Waals surface area contributed by atoms with Crippen molar-refractivity contribution in [2.75, 3.05) is 12.0 Å². The molecule has 0 N–H and O–H groups in total. The minimum atomic E-state index is -0.588. The number of rotatable bonds is 11. The van der Waals surface area contributed by atoms with Crippen molar-refractivity contribution in [1.82, 2.24) is 0 Å². The van der Waals surface area contributed by atoms with Crippen LogP contribution < -0.4 is 0 Å². The molecular formula is C13H26OS. The Bertz CT molecular complexity index is 166. The van der Waals surface area contributed by atoms with Crippen LogP contribution in [-0.2, 0) is 10.8 Å². The van der Waals surface area contributed by atoms with Gasteiger partial charge < -0.3 is 0 Å². The largest absolute Gasteiger partial charge is 0.260 e. The molecule has 0 bridgehead atoms. The van der Waals surface area contributed by atoms with E-state index in [1.807, 2.05) is 6.08 Å². The summed E-state index contributed by atoms with van der Waals surface area (Å²) in [6.45, 7) is 3.72. The molecule has 0 saturated heterocycles. The Kier molecular flexibility index (Phi) is 11.9. The quantitative estimate of drug-likeness (QED) is 0.386. The zero-order chi connectivity index (χ0) is 11.4. The number of hydrogen-bond acceptors (Lipinski definition) is 1. The second kappa shape index (κ2) is 12.0. The minimum absolute atomic E-state index is 0.588. The summed E-state index contributed by atoms with van der Waals surface area (Å²) in [7, 11) is -0.588. The van der Waals surface area contributed by atoms with Crippen molar-refractivity contribution < 1.29 is 4.21 Å². The van der Waals surface area contributed by atoms with Crippen LogP contribution in [0.2, 0.25) is 0 Å². The van der Waals surface area contributed by atoms with Gasteiger partial charge in [0.2, 0.25) is 0 Å². The molecule has 0 amide bonds. The van der Waals surface area contributed by atoms with E-state index in [4.69, 9.17) is 0 Å². The highest BCUT2D eigenvalue weighted by Gasteiger charge is 1.93. The molecule has 0 rings (SSSR count). The lowest BCUT2D eigenvalue weighted by atomic mass is 10.1. The van der Waals surface area contributed by atoms with Crippen LogP contribution in [-0.4, -0.2) is 16.2 Å². The highest BCUT2D eigenvalue weighted by atomic mass is 32.2. The highest BCUT2D eigenvalue weighted by molar-refractivity contribution is 7.84. The molecule has 1 atom stereocenters. The average Bonchev–Trinajstić information content (AvgIpc) is 2.20. The number of unbranched alkanes of at least 4 members (excludes halogenated alkanes) is 8. The summed E-state index contributed by atoms with van der Waals surface area (Å²) < 4.78 is 10.8. The smallest absolute Gasteiger partial charge is 0.0232 e. The lowest BCUT2D eigenvalue weighted by Crippen LogP contribution is -1.93. The van der Waals surface area contributed by atoms with Crippen molar-refractivity contribution in [1.29, 1.82) is 0 Å². The topological polar surface area (TPSA) is 17.1 Å². The molecule has 0 saturated carbocycles. The van der Waals surface area contributed by atoms with Gasteiger partial charge in [0.05, 0.1) is 0 Å².